The van der Waals surface area contributed by atoms with Crippen LogP contribution in [-0.4, -0.2) is 40.0 Å². The summed E-state index contributed by atoms with van der Waals surface area (Å²) in [5.74, 6) is 0.247. The molecule has 2 N–H and O–H groups in total. The van der Waals surface area contributed by atoms with Crippen LogP contribution in [-0.2, 0) is 10.0 Å². The van der Waals surface area contributed by atoms with Gasteiger partial charge in [-0.2, -0.15) is 0 Å². The summed E-state index contributed by atoms with van der Waals surface area (Å²) in [6.07, 6.45) is 0.439. The average Bonchev–Trinajstić information content (AvgIpc) is 2.87. The number of anilines is 1. The quantitative estimate of drug-likeness (QED) is 0.410. The Labute approximate surface area is 169 Å². The van der Waals surface area contributed by atoms with Gasteiger partial charge in [0, 0.05) is 10.9 Å². The van der Waals surface area contributed by atoms with Gasteiger partial charge in [-0.25, -0.2) is 13.1 Å². The van der Waals surface area contributed by atoms with Crippen LogP contribution in [0.25, 0.3) is 11.3 Å². The van der Waals surface area contributed by atoms with E-state index in [1.807, 2.05) is 19.6 Å². The maximum absolute atomic E-state index is 12.3. The summed E-state index contributed by atoms with van der Waals surface area (Å²) in [6.45, 7) is 5.77. The summed E-state index contributed by atoms with van der Waals surface area (Å²) >= 11 is 3.21. The first-order valence-electron chi connectivity index (χ1n) is 8.32. The zero-order valence-corrected chi connectivity index (χ0v) is 19.1. The fourth-order valence-electron chi connectivity index (χ4n) is 2.27. The van der Waals surface area contributed by atoms with Gasteiger partial charge in [-0.3, -0.25) is 0 Å². The Hall–Kier alpha value is -1.65. The number of furan rings is 1. The largest absolute Gasteiger partial charge is 0.538 e. The number of alkyl halides is 1. The SMILES string of the molecule is COc1cccc(-c2oc(NS(=O)(=O)CCCBr)c(O[Si](C)(C)C)c2O)c1. The minimum atomic E-state index is -3.65. The van der Waals surface area contributed by atoms with Gasteiger partial charge in [0.05, 0.1) is 12.9 Å². The predicted octanol–water partition coefficient (Wildman–Crippen LogP) is 4.40. The number of hydrogen-bond donors (Lipinski definition) is 2. The first-order chi connectivity index (χ1) is 12.6. The molecule has 0 aliphatic carbocycles. The van der Waals surface area contributed by atoms with Gasteiger partial charge in [-0.15, -0.1) is 0 Å². The molecule has 1 heterocycles. The Kier molecular flexibility index (Phi) is 6.87. The molecular weight excluding hydrogens is 454 g/mol. The predicted molar refractivity (Wildman–Crippen MR) is 112 cm³/mol. The number of hydrogen-bond acceptors (Lipinski definition) is 6. The summed E-state index contributed by atoms with van der Waals surface area (Å²) in [6, 6.07) is 6.91. The molecule has 0 spiro atoms. The van der Waals surface area contributed by atoms with E-state index >= 15 is 0 Å². The van der Waals surface area contributed by atoms with Gasteiger partial charge in [0.1, 0.15) is 5.75 Å². The van der Waals surface area contributed by atoms with Gasteiger partial charge in [0.25, 0.3) is 5.88 Å². The highest BCUT2D eigenvalue weighted by atomic mass is 79.9. The minimum Gasteiger partial charge on any atom is -0.538 e. The molecule has 2 aromatic rings. The van der Waals surface area contributed by atoms with E-state index in [-0.39, 0.29) is 28.9 Å². The fourth-order valence-corrected chi connectivity index (χ4v) is 4.77. The van der Waals surface area contributed by atoms with Crippen molar-refractivity contribution in [3.8, 4) is 28.6 Å². The number of methoxy groups -OCH3 is 1. The minimum absolute atomic E-state index is 0.00871. The average molecular weight is 478 g/mol. The van der Waals surface area contributed by atoms with E-state index in [9.17, 15) is 13.5 Å². The van der Waals surface area contributed by atoms with Crippen LogP contribution in [0.1, 0.15) is 6.42 Å². The number of ether oxygens (including phenoxy) is 1. The number of halogens is 1. The third-order valence-electron chi connectivity index (χ3n) is 3.38. The molecular formula is C17H24BrNO6SSi. The molecule has 0 saturated heterocycles. The highest BCUT2D eigenvalue weighted by molar-refractivity contribution is 9.09. The van der Waals surface area contributed by atoms with Crippen LogP contribution in [0.15, 0.2) is 28.7 Å². The van der Waals surface area contributed by atoms with E-state index in [1.54, 1.807) is 24.3 Å². The van der Waals surface area contributed by atoms with Crippen molar-refractivity contribution in [2.45, 2.75) is 26.1 Å². The van der Waals surface area contributed by atoms with Gasteiger partial charge in [-0.1, -0.05) is 28.1 Å². The first kappa shape index (κ1) is 21.6. The highest BCUT2D eigenvalue weighted by Crippen LogP contribution is 2.47. The molecule has 0 saturated carbocycles. The van der Waals surface area contributed by atoms with Crippen LogP contribution in [0.5, 0.6) is 17.2 Å². The third-order valence-corrected chi connectivity index (χ3v) is 6.08. The van der Waals surface area contributed by atoms with E-state index < -0.39 is 18.3 Å². The second kappa shape index (κ2) is 8.57. The monoisotopic (exact) mass is 477 g/mol. The van der Waals surface area contributed by atoms with E-state index in [0.717, 1.165) is 0 Å². The number of benzene rings is 1. The third kappa shape index (κ3) is 5.91. The number of aromatic hydroxyl groups is 1. The maximum atomic E-state index is 12.3. The lowest BCUT2D eigenvalue weighted by Gasteiger charge is -2.19. The van der Waals surface area contributed by atoms with E-state index in [1.165, 1.54) is 7.11 Å². The molecule has 27 heavy (non-hydrogen) atoms. The Morgan fingerprint density at radius 3 is 2.59 bits per heavy atom. The summed E-state index contributed by atoms with van der Waals surface area (Å²) in [5, 5.41) is 11.2. The molecule has 0 aliphatic rings. The van der Waals surface area contributed by atoms with Crippen LogP contribution in [0.2, 0.25) is 19.6 Å². The van der Waals surface area contributed by atoms with Crippen molar-refractivity contribution in [1.29, 1.82) is 0 Å². The molecule has 0 radical (unpaired) electrons. The summed E-state index contributed by atoms with van der Waals surface area (Å²) in [4.78, 5) is 0. The number of nitrogens with one attached hydrogen (secondary N) is 1. The molecule has 1 aromatic carbocycles. The smallest absolute Gasteiger partial charge is 0.252 e. The molecule has 0 fully saturated rings. The fraction of sp³-hybridized carbons (Fsp3) is 0.412. The van der Waals surface area contributed by atoms with Crippen LogP contribution < -0.4 is 13.9 Å². The van der Waals surface area contributed by atoms with Gasteiger partial charge >= 0.3 is 0 Å². The second-order valence-corrected chi connectivity index (χ2v) is 13.9. The molecule has 0 atom stereocenters. The molecule has 150 valence electrons. The summed E-state index contributed by atoms with van der Waals surface area (Å²) in [5.41, 5.74) is 0.540. The van der Waals surface area contributed by atoms with Crippen molar-refractivity contribution in [1.82, 2.24) is 0 Å². The zero-order chi connectivity index (χ0) is 20.2. The Morgan fingerprint density at radius 1 is 1.30 bits per heavy atom. The molecule has 0 amide bonds. The normalized spacial score (nSPS) is 12.0. The molecule has 0 bridgehead atoms. The lowest BCUT2D eigenvalue weighted by Crippen LogP contribution is -2.29. The number of rotatable bonds is 9. The zero-order valence-electron chi connectivity index (χ0n) is 15.7. The Balaban J connectivity index is 2.51. The highest BCUT2D eigenvalue weighted by Gasteiger charge is 2.30. The van der Waals surface area contributed by atoms with Crippen LogP contribution in [0, 0.1) is 0 Å². The van der Waals surface area contributed by atoms with E-state index in [4.69, 9.17) is 13.6 Å². The maximum Gasteiger partial charge on any atom is 0.252 e. The molecule has 7 nitrogen and oxygen atoms in total. The lowest BCUT2D eigenvalue weighted by molar-refractivity contribution is 0.414. The first-order valence-corrected chi connectivity index (χ1v) is 14.5. The second-order valence-electron chi connectivity index (χ2n) is 6.85. The molecule has 0 aliphatic heterocycles. The van der Waals surface area contributed by atoms with Crippen molar-refractivity contribution >= 4 is 40.2 Å². The van der Waals surface area contributed by atoms with Crippen molar-refractivity contribution in [3.63, 3.8) is 0 Å². The number of sulfonamides is 1. The Morgan fingerprint density at radius 2 is 2.00 bits per heavy atom. The van der Waals surface area contributed by atoms with Crippen LogP contribution in [0.3, 0.4) is 0 Å². The standard InChI is InChI=1S/C17H24BrNO6SSi/c1-23-13-8-5-7-12(11-13)15-14(20)16(25-27(2,3)4)17(24-15)19-26(21,22)10-6-9-18/h5,7-8,11,19-20H,6,9-10H2,1-4H3. The Bertz CT molecular complexity index is 891. The van der Waals surface area contributed by atoms with Crippen molar-refractivity contribution in [3.05, 3.63) is 24.3 Å². The topological polar surface area (TPSA) is 98.0 Å². The van der Waals surface area contributed by atoms with E-state index in [2.05, 4.69) is 20.7 Å². The lowest BCUT2D eigenvalue weighted by atomic mass is 10.1. The molecule has 0 unspecified atom stereocenters. The van der Waals surface area contributed by atoms with Crippen molar-refractivity contribution in [2.75, 3.05) is 22.9 Å². The van der Waals surface area contributed by atoms with Gasteiger partial charge in [-0.05, 0) is 38.2 Å². The van der Waals surface area contributed by atoms with E-state index in [0.29, 0.717) is 23.1 Å². The summed E-state index contributed by atoms with van der Waals surface area (Å²) < 4.78 is 43.8. The van der Waals surface area contributed by atoms with Crippen LogP contribution >= 0.6 is 15.9 Å². The van der Waals surface area contributed by atoms with Crippen molar-refractivity contribution < 1.29 is 27.1 Å². The van der Waals surface area contributed by atoms with Gasteiger partial charge in [0.2, 0.25) is 29.8 Å². The molecule has 1 aromatic heterocycles. The van der Waals surface area contributed by atoms with Crippen LogP contribution in [0.4, 0.5) is 5.88 Å². The molecule has 2 rings (SSSR count). The summed E-state index contributed by atoms with van der Waals surface area (Å²) in [7, 11) is -4.27. The van der Waals surface area contributed by atoms with Gasteiger partial charge < -0.3 is 18.7 Å². The molecule has 10 heteroatoms. The van der Waals surface area contributed by atoms with Crippen molar-refractivity contribution in [2.24, 2.45) is 0 Å². The van der Waals surface area contributed by atoms with Gasteiger partial charge in [0.15, 0.2) is 5.76 Å².